The highest BCUT2D eigenvalue weighted by atomic mass is 16.6. The van der Waals surface area contributed by atoms with Gasteiger partial charge in [-0.1, -0.05) is 25.5 Å². The van der Waals surface area contributed by atoms with Crippen molar-refractivity contribution in [2.75, 3.05) is 19.6 Å². The zero-order chi connectivity index (χ0) is 16.6. The molecule has 0 fully saturated rings. The summed E-state index contributed by atoms with van der Waals surface area (Å²) in [5, 5.41) is 6.42. The fourth-order valence-electron chi connectivity index (χ4n) is 2.57. The minimum absolute atomic E-state index is 0.325. The van der Waals surface area contributed by atoms with Crippen LogP contribution in [0.1, 0.15) is 60.3 Å². The lowest BCUT2D eigenvalue weighted by Gasteiger charge is -2.24. The van der Waals surface area contributed by atoms with Crippen molar-refractivity contribution in [2.45, 2.75) is 65.9 Å². The van der Waals surface area contributed by atoms with Gasteiger partial charge in [-0.3, -0.25) is 0 Å². The zero-order valence-electron chi connectivity index (χ0n) is 15.0. The second-order valence-corrected chi connectivity index (χ2v) is 7.60. The summed E-state index contributed by atoms with van der Waals surface area (Å²) >= 11 is 0. The lowest BCUT2D eigenvalue weighted by atomic mass is 9.95. The predicted octanol–water partition coefficient (Wildman–Crippen LogP) is 3.87. The largest absolute Gasteiger partial charge is 0.444 e. The highest BCUT2D eigenvalue weighted by Crippen LogP contribution is 2.19. The summed E-state index contributed by atoms with van der Waals surface area (Å²) in [6.45, 7) is 12.7. The molecule has 0 aliphatic heterocycles. The molecule has 0 bridgehead atoms. The summed E-state index contributed by atoms with van der Waals surface area (Å²) < 4.78 is 5.28. The number of rotatable bonds is 8. The molecular weight excluding hydrogens is 276 g/mol. The van der Waals surface area contributed by atoms with E-state index in [2.05, 4.69) is 30.6 Å². The van der Waals surface area contributed by atoms with Crippen LogP contribution in [0.2, 0.25) is 0 Å². The van der Waals surface area contributed by atoms with E-state index in [-0.39, 0.29) is 6.09 Å². The lowest BCUT2D eigenvalue weighted by Crippen LogP contribution is -2.39. The summed E-state index contributed by atoms with van der Waals surface area (Å²) in [5.41, 5.74) is 1.16. The fraction of sp³-hybridized carbons (Fsp3) is 0.833. The molecule has 0 aromatic heterocycles. The van der Waals surface area contributed by atoms with Gasteiger partial charge in [0, 0.05) is 6.54 Å². The number of carbonyl (C=O) groups excluding carboxylic acids is 1. The first-order chi connectivity index (χ1) is 10.3. The van der Waals surface area contributed by atoms with Crippen molar-refractivity contribution in [3.8, 4) is 0 Å². The summed E-state index contributed by atoms with van der Waals surface area (Å²) in [7, 11) is 0. The smallest absolute Gasteiger partial charge is 0.407 e. The predicted molar refractivity (Wildman–Crippen MR) is 92.0 cm³/mol. The Morgan fingerprint density at radius 2 is 2.05 bits per heavy atom. The quantitative estimate of drug-likeness (QED) is 0.528. The van der Waals surface area contributed by atoms with Gasteiger partial charge >= 0.3 is 6.09 Å². The molecule has 2 N–H and O–H groups in total. The van der Waals surface area contributed by atoms with Gasteiger partial charge in [0.1, 0.15) is 5.60 Å². The number of amides is 1. The number of hydrogen-bond acceptors (Lipinski definition) is 3. The van der Waals surface area contributed by atoms with Crippen molar-refractivity contribution < 1.29 is 9.53 Å². The van der Waals surface area contributed by atoms with Crippen molar-refractivity contribution in [3.05, 3.63) is 11.6 Å². The Labute approximate surface area is 136 Å². The van der Waals surface area contributed by atoms with Crippen LogP contribution in [-0.4, -0.2) is 31.3 Å². The van der Waals surface area contributed by atoms with Crippen LogP contribution in [0.5, 0.6) is 0 Å². The van der Waals surface area contributed by atoms with E-state index in [1.807, 2.05) is 20.8 Å². The van der Waals surface area contributed by atoms with Crippen LogP contribution in [0, 0.1) is 11.8 Å². The summed E-state index contributed by atoms with van der Waals surface area (Å²) in [6.07, 6.45) is 7.06. The molecule has 0 saturated heterocycles. The molecular formula is C18H34N2O2. The number of nitrogens with one attached hydrogen (secondary N) is 2. The van der Waals surface area contributed by atoms with E-state index in [1.54, 1.807) is 5.57 Å². The molecule has 0 spiro atoms. The second-order valence-electron chi connectivity index (χ2n) is 7.60. The normalized spacial score (nSPS) is 16.5. The monoisotopic (exact) mass is 310 g/mol. The van der Waals surface area contributed by atoms with Crippen LogP contribution in [-0.2, 0) is 4.74 Å². The van der Waals surface area contributed by atoms with Gasteiger partial charge in [-0.25, -0.2) is 4.79 Å². The molecule has 22 heavy (non-hydrogen) atoms. The molecule has 1 amide bonds. The van der Waals surface area contributed by atoms with Crippen LogP contribution in [0.15, 0.2) is 11.6 Å². The van der Waals surface area contributed by atoms with Gasteiger partial charge in [0.25, 0.3) is 0 Å². The van der Waals surface area contributed by atoms with Gasteiger partial charge in [-0.2, -0.15) is 0 Å². The van der Waals surface area contributed by atoms with Crippen LogP contribution >= 0.6 is 0 Å². The first kappa shape index (κ1) is 19.0. The van der Waals surface area contributed by atoms with E-state index < -0.39 is 5.60 Å². The Kier molecular flexibility index (Phi) is 7.94. The van der Waals surface area contributed by atoms with E-state index in [4.69, 9.17) is 4.74 Å². The maximum absolute atomic E-state index is 11.7. The fourth-order valence-corrected chi connectivity index (χ4v) is 2.57. The molecule has 1 aliphatic rings. The molecule has 1 atom stereocenters. The number of carbonyl (C=O) groups is 1. The number of allylic oxidation sites excluding steroid dienone is 1. The van der Waals surface area contributed by atoms with Crippen molar-refractivity contribution in [2.24, 2.45) is 11.8 Å². The molecule has 0 radical (unpaired) electrons. The number of ether oxygens (including phenoxy) is 1. The third kappa shape index (κ3) is 8.42. The van der Waals surface area contributed by atoms with Crippen LogP contribution in [0.3, 0.4) is 0 Å². The maximum Gasteiger partial charge on any atom is 0.407 e. The minimum Gasteiger partial charge on any atom is -0.444 e. The van der Waals surface area contributed by atoms with E-state index in [9.17, 15) is 4.79 Å². The Morgan fingerprint density at radius 1 is 1.32 bits per heavy atom. The molecule has 0 saturated carbocycles. The van der Waals surface area contributed by atoms with Gasteiger partial charge in [-0.15, -0.1) is 0 Å². The van der Waals surface area contributed by atoms with E-state index in [0.29, 0.717) is 18.4 Å². The van der Waals surface area contributed by atoms with Gasteiger partial charge in [0.15, 0.2) is 0 Å². The second kappa shape index (κ2) is 9.19. The van der Waals surface area contributed by atoms with E-state index in [0.717, 1.165) is 19.5 Å². The molecule has 1 aliphatic carbocycles. The molecule has 4 nitrogen and oxygen atoms in total. The first-order valence-corrected chi connectivity index (χ1v) is 8.63. The Morgan fingerprint density at radius 3 is 2.59 bits per heavy atom. The minimum atomic E-state index is -0.440. The van der Waals surface area contributed by atoms with Crippen molar-refractivity contribution >= 4 is 6.09 Å². The third-order valence-corrected chi connectivity index (χ3v) is 4.01. The molecule has 128 valence electrons. The van der Waals surface area contributed by atoms with Gasteiger partial charge < -0.3 is 15.4 Å². The molecule has 1 rings (SSSR count). The Bertz CT molecular complexity index is 370. The van der Waals surface area contributed by atoms with Crippen molar-refractivity contribution in [3.63, 3.8) is 0 Å². The Hall–Kier alpha value is -1.03. The molecule has 0 heterocycles. The number of hydrogen-bond donors (Lipinski definition) is 2. The highest BCUT2D eigenvalue weighted by Gasteiger charge is 2.19. The summed E-state index contributed by atoms with van der Waals surface area (Å²) in [4.78, 5) is 11.7. The topological polar surface area (TPSA) is 50.4 Å². The molecule has 4 heteroatoms. The summed E-state index contributed by atoms with van der Waals surface area (Å²) in [6, 6.07) is 0. The van der Waals surface area contributed by atoms with Gasteiger partial charge in [0.2, 0.25) is 0 Å². The lowest BCUT2D eigenvalue weighted by molar-refractivity contribution is 0.0515. The van der Waals surface area contributed by atoms with E-state index >= 15 is 0 Å². The van der Waals surface area contributed by atoms with Gasteiger partial charge in [-0.05, 0) is 71.4 Å². The molecule has 0 aromatic carbocycles. The van der Waals surface area contributed by atoms with Gasteiger partial charge in [0.05, 0.1) is 0 Å². The zero-order valence-corrected chi connectivity index (χ0v) is 15.0. The SMILES string of the molecule is CC(C)C(CNCCC1=CCCC1)CNC(=O)OC(C)(C)C. The molecule has 1 unspecified atom stereocenters. The van der Waals surface area contributed by atoms with E-state index in [1.165, 1.54) is 19.3 Å². The first-order valence-electron chi connectivity index (χ1n) is 8.63. The Balaban J connectivity index is 2.22. The molecule has 0 aromatic rings. The average Bonchev–Trinajstić information content (AvgIpc) is 2.88. The summed E-state index contributed by atoms with van der Waals surface area (Å²) in [5.74, 6) is 0.943. The average molecular weight is 310 g/mol. The van der Waals surface area contributed by atoms with Crippen molar-refractivity contribution in [1.82, 2.24) is 10.6 Å². The van der Waals surface area contributed by atoms with Crippen molar-refractivity contribution in [1.29, 1.82) is 0 Å². The maximum atomic E-state index is 11.7. The standard InChI is InChI=1S/C18H34N2O2/c1-14(2)16(13-20-17(21)22-18(3,4)5)12-19-11-10-15-8-6-7-9-15/h8,14,16,19H,6-7,9-13H2,1-5H3,(H,20,21). The van der Waals surface area contributed by atoms with Crippen LogP contribution < -0.4 is 10.6 Å². The number of alkyl carbamates (subject to hydrolysis) is 1. The van der Waals surface area contributed by atoms with Crippen LogP contribution in [0.4, 0.5) is 4.79 Å². The van der Waals surface area contributed by atoms with Crippen LogP contribution in [0.25, 0.3) is 0 Å². The third-order valence-electron chi connectivity index (χ3n) is 4.01. The highest BCUT2D eigenvalue weighted by molar-refractivity contribution is 5.67.